The molecule has 0 spiro atoms. The molecule has 2 heterocycles. The summed E-state index contributed by atoms with van der Waals surface area (Å²) >= 11 is 1.51. The Morgan fingerprint density at radius 2 is 2.30 bits per heavy atom. The molecule has 0 aliphatic rings. The van der Waals surface area contributed by atoms with E-state index in [9.17, 15) is 9.59 Å². The van der Waals surface area contributed by atoms with Crippen molar-refractivity contribution in [2.24, 2.45) is 7.05 Å². The molecule has 0 fully saturated rings. The number of hydrogen-bond donors (Lipinski definition) is 2. The second kappa shape index (κ2) is 6.33. The lowest BCUT2D eigenvalue weighted by Gasteiger charge is -2.15. The minimum atomic E-state index is -0.302. The molecule has 20 heavy (non-hydrogen) atoms. The van der Waals surface area contributed by atoms with Gasteiger partial charge in [-0.3, -0.25) is 14.3 Å². The van der Waals surface area contributed by atoms with Crippen LogP contribution in [0, 0.1) is 0 Å². The molecular weight excluding hydrogens is 276 g/mol. The molecule has 0 aliphatic carbocycles. The molecule has 7 heteroatoms. The second-order valence-electron chi connectivity index (χ2n) is 4.42. The van der Waals surface area contributed by atoms with Crippen molar-refractivity contribution in [2.45, 2.75) is 19.4 Å². The highest BCUT2D eigenvalue weighted by Crippen LogP contribution is 2.22. The zero-order chi connectivity index (χ0) is 14.5. The van der Waals surface area contributed by atoms with Crippen molar-refractivity contribution < 1.29 is 9.59 Å². The van der Waals surface area contributed by atoms with Gasteiger partial charge >= 0.3 is 0 Å². The van der Waals surface area contributed by atoms with Crippen LogP contribution in [0.2, 0.25) is 0 Å². The fraction of sp³-hybridized carbons (Fsp3) is 0.308. The minimum absolute atomic E-state index is 0.155. The summed E-state index contributed by atoms with van der Waals surface area (Å²) in [6, 6.07) is 3.50. The number of aryl methyl sites for hydroxylation is 1. The van der Waals surface area contributed by atoms with Gasteiger partial charge in [0.1, 0.15) is 0 Å². The average molecular weight is 292 g/mol. The van der Waals surface area contributed by atoms with Crippen molar-refractivity contribution in [2.75, 3.05) is 5.32 Å². The number of nitrogens with zero attached hydrogens (tertiary/aromatic N) is 2. The van der Waals surface area contributed by atoms with E-state index in [-0.39, 0.29) is 24.3 Å². The number of amides is 2. The molecular formula is C13H16N4O2S. The number of anilines is 1. The van der Waals surface area contributed by atoms with Crippen molar-refractivity contribution in [3.63, 3.8) is 0 Å². The Kier molecular flexibility index (Phi) is 4.52. The number of rotatable bonds is 5. The van der Waals surface area contributed by atoms with E-state index < -0.39 is 0 Å². The van der Waals surface area contributed by atoms with E-state index in [0.29, 0.717) is 5.69 Å². The summed E-state index contributed by atoms with van der Waals surface area (Å²) in [7, 11) is 1.78. The third kappa shape index (κ3) is 3.92. The summed E-state index contributed by atoms with van der Waals surface area (Å²) in [6.07, 6.45) is 3.49. The van der Waals surface area contributed by atoms with Crippen molar-refractivity contribution in [1.82, 2.24) is 15.1 Å². The predicted octanol–water partition coefficient (Wildman–Crippen LogP) is 1.69. The number of thiophene rings is 1. The highest BCUT2D eigenvalue weighted by atomic mass is 32.1. The Balaban J connectivity index is 2.00. The van der Waals surface area contributed by atoms with Crippen LogP contribution in [0.25, 0.3) is 0 Å². The first-order chi connectivity index (χ1) is 9.54. The number of hydrogen-bond acceptors (Lipinski definition) is 4. The van der Waals surface area contributed by atoms with Crippen molar-refractivity contribution in [1.29, 1.82) is 0 Å². The van der Waals surface area contributed by atoms with Crippen LogP contribution < -0.4 is 10.6 Å². The lowest BCUT2D eigenvalue weighted by Crippen LogP contribution is -2.29. The van der Waals surface area contributed by atoms with Crippen LogP contribution in [0.1, 0.15) is 24.3 Å². The summed E-state index contributed by atoms with van der Waals surface area (Å²) in [4.78, 5) is 24.2. The summed E-state index contributed by atoms with van der Waals surface area (Å²) < 4.78 is 1.61. The Morgan fingerprint density at radius 3 is 2.85 bits per heavy atom. The number of carbonyl (C=O) groups excluding carboxylic acids is 2. The van der Waals surface area contributed by atoms with Gasteiger partial charge in [-0.2, -0.15) is 5.10 Å². The van der Waals surface area contributed by atoms with E-state index in [1.54, 1.807) is 24.1 Å². The smallest absolute Gasteiger partial charge is 0.226 e. The van der Waals surface area contributed by atoms with Crippen molar-refractivity contribution >= 4 is 28.8 Å². The molecule has 0 aliphatic heterocycles. The monoisotopic (exact) mass is 292 g/mol. The lowest BCUT2D eigenvalue weighted by molar-refractivity contribution is -0.120. The Labute approximate surface area is 120 Å². The van der Waals surface area contributed by atoms with Crippen molar-refractivity contribution in [3.05, 3.63) is 34.8 Å². The molecule has 0 radical (unpaired) electrons. The van der Waals surface area contributed by atoms with Gasteiger partial charge in [0.25, 0.3) is 0 Å². The van der Waals surface area contributed by atoms with Crippen LogP contribution in [0.5, 0.6) is 0 Å². The largest absolute Gasteiger partial charge is 0.348 e. The molecule has 0 aromatic carbocycles. The van der Waals surface area contributed by atoms with E-state index in [2.05, 4.69) is 15.7 Å². The van der Waals surface area contributed by atoms with E-state index in [1.807, 2.05) is 17.5 Å². The topological polar surface area (TPSA) is 76.0 Å². The fourth-order valence-electron chi connectivity index (χ4n) is 1.84. The van der Waals surface area contributed by atoms with E-state index in [0.717, 1.165) is 4.88 Å². The molecule has 2 aromatic heterocycles. The van der Waals surface area contributed by atoms with Crippen LogP contribution in [-0.4, -0.2) is 21.6 Å². The molecule has 2 aromatic rings. The first-order valence-corrected chi connectivity index (χ1v) is 7.01. The number of aromatic nitrogens is 2. The van der Waals surface area contributed by atoms with Gasteiger partial charge in [0.15, 0.2) is 0 Å². The van der Waals surface area contributed by atoms with Crippen LogP contribution in [0.3, 0.4) is 0 Å². The SMILES string of the molecule is CC(=O)N[C@H](CC(=O)Nc1cnn(C)c1)c1cccs1. The maximum absolute atomic E-state index is 12.0. The summed E-state index contributed by atoms with van der Waals surface area (Å²) in [5, 5.41) is 11.5. The summed E-state index contributed by atoms with van der Waals surface area (Å²) in [6.45, 7) is 1.44. The normalized spacial score (nSPS) is 11.9. The van der Waals surface area contributed by atoms with Gasteiger partial charge < -0.3 is 10.6 Å². The number of nitrogens with one attached hydrogen (secondary N) is 2. The zero-order valence-electron chi connectivity index (χ0n) is 11.3. The quantitative estimate of drug-likeness (QED) is 0.880. The molecule has 2 amide bonds. The van der Waals surface area contributed by atoms with Gasteiger partial charge in [-0.15, -0.1) is 11.3 Å². The van der Waals surface area contributed by atoms with Gasteiger partial charge in [-0.25, -0.2) is 0 Å². The average Bonchev–Trinajstić information content (AvgIpc) is 2.99. The molecule has 106 valence electrons. The van der Waals surface area contributed by atoms with E-state index in [4.69, 9.17) is 0 Å². The molecule has 2 rings (SSSR count). The highest BCUT2D eigenvalue weighted by molar-refractivity contribution is 7.10. The van der Waals surface area contributed by atoms with E-state index >= 15 is 0 Å². The van der Waals surface area contributed by atoms with E-state index in [1.165, 1.54) is 18.3 Å². The Bertz CT molecular complexity index is 591. The minimum Gasteiger partial charge on any atom is -0.348 e. The highest BCUT2D eigenvalue weighted by Gasteiger charge is 2.18. The van der Waals surface area contributed by atoms with Crippen LogP contribution in [0.15, 0.2) is 29.9 Å². The molecule has 0 unspecified atom stereocenters. The molecule has 0 bridgehead atoms. The molecule has 2 N–H and O–H groups in total. The number of carbonyl (C=O) groups is 2. The summed E-state index contributed by atoms with van der Waals surface area (Å²) in [5.74, 6) is -0.317. The molecule has 0 saturated heterocycles. The molecule has 6 nitrogen and oxygen atoms in total. The van der Waals surface area contributed by atoms with Crippen LogP contribution >= 0.6 is 11.3 Å². The lowest BCUT2D eigenvalue weighted by atomic mass is 10.1. The van der Waals surface area contributed by atoms with Gasteiger partial charge in [-0.1, -0.05) is 6.07 Å². The fourth-order valence-corrected chi connectivity index (χ4v) is 2.62. The second-order valence-corrected chi connectivity index (χ2v) is 5.40. The third-order valence-electron chi connectivity index (χ3n) is 2.64. The van der Waals surface area contributed by atoms with Gasteiger partial charge in [0.2, 0.25) is 11.8 Å². The maximum atomic E-state index is 12.0. The summed E-state index contributed by atoms with van der Waals surface area (Å²) in [5.41, 5.74) is 0.644. The Hall–Kier alpha value is -2.15. The first kappa shape index (κ1) is 14.3. The molecule has 0 saturated carbocycles. The predicted molar refractivity (Wildman–Crippen MR) is 77.3 cm³/mol. The zero-order valence-corrected chi connectivity index (χ0v) is 12.1. The van der Waals surface area contributed by atoms with Crippen LogP contribution in [0.4, 0.5) is 5.69 Å². The van der Waals surface area contributed by atoms with Gasteiger partial charge in [0, 0.05) is 25.0 Å². The third-order valence-corrected chi connectivity index (χ3v) is 3.63. The maximum Gasteiger partial charge on any atom is 0.226 e. The van der Waals surface area contributed by atoms with Gasteiger partial charge in [-0.05, 0) is 11.4 Å². The van der Waals surface area contributed by atoms with Crippen molar-refractivity contribution in [3.8, 4) is 0 Å². The Morgan fingerprint density at radius 1 is 1.50 bits per heavy atom. The van der Waals surface area contributed by atoms with Gasteiger partial charge in [0.05, 0.1) is 24.3 Å². The standard InChI is InChI=1S/C13H16N4O2S/c1-9(18)15-11(12-4-3-5-20-12)6-13(19)16-10-7-14-17(2)8-10/h3-5,7-8,11H,6H2,1-2H3,(H,15,18)(H,16,19)/t11-/m1/s1. The first-order valence-electron chi connectivity index (χ1n) is 6.13. The molecule has 1 atom stereocenters. The van der Waals surface area contributed by atoms with Crippen LogP contribution in [-0.2, 0) is 16.6 Å².